The Labute approximate surface area is 120 Å². The number of nitrogens with zero attached hydrogens (tertiary/aromatic N) is 2. The zero-order valence-electron chi connectivity index (χ0n) is 11.8. The lowest BCUT2D eigenvalue weighted by Crippen LogP contribution is -2.55. The number of rotatable bonds is 2. The van der Waals surface area contributed by atoms with Crippen molar-refractivity contribution in [2.75, 3.05) is 6.54 Å². The molecule has 0 amide bonds. The standard InChI is InChI=1S/C17H21N3/c1-2-5-14(6-3-1)16-12-18-13-20(16)15-7-10-19-17(11-15)8-4-9-17/h1-3,5-6,12-13,15,19H,4,7-11H2. The Morgan fingerprint density at radius 2 is 2.05 bits per heavy atom. The Kier molecular flexibility index (Phi) is 2.88. The van der Waals surface area contributed by atoms with Gasteiger partial charge in [0.1, 0.15) is 0 Å². The Hall–Kier alpha value is -1.61. The van der Waals surface area contributed by atoms with Crippen molar-refractivity contribution in [3.8, 4) is 11.3 Å². The van der Waals surface area contributed by atoms with Crippen molar-refractivity contribution in [2.45, 2.75) is 43.7 Å². The Morgan fingerprint density at radius 3 is 2.80 bits per heavy atom. The second-order valence-electron chi connectivity index (χ2n) is 6.26. The molecule has 1 N–H and O–H groups in total. The molecule has 4 rings (SSSR count). The second-order valence-corrected chi connectivity index (χ2v) is 6.26. The second kappa shape index (κ2) is 4.74. The highest BCUT2D eigenvalue weighted by Crippen LogP contribution is 2.42. The Morgan fingerprint density at radius 1 is 1.20 bits per heavy atom. The van der Waals surface area contributed by atoms with Gasteiger partial charge in [0.15, 0.2) is 0 Å². The third kappa shape index (κ3) is 1.97. The van der Waals surface area contributed by atoms with Crippen LogP contribution in [0.3, 0.4) is 0 Å². The molecule has 0 radical (unpaired) electrons. The summed E-state index contributed by atoms with van der Waals surface area (Å²) in [6.07, 6.45) is 10.6. The number of nitrogens with one attached hydrogen (secondary N) is 1. The molecule has 1 aliphatic heterocycles. The molecule has 1 saturated carbocycles. The molecule has 3 heteroatoms. The Bertz CT molecular complexity index is 583. The molecule has 3 nitrogen and oxygen atoms in total. The molecule has 1 unspecified atom stereocenters. The summed E-state index contributed by atoms with van der Waals surface area (Å²) in [5, 5.41) is 3.75. The van der Waals surface area contributed by atoms with E-state index in [2.05, 4.69) is 45.2 Å². The van der Waals surface area contributed by atoms with Gasteiger partial charge in [-0.25, -0.2) is 4.98 Å². The van der Waals surface area contributed by atoms with E-state index in [1.807, 2.05) is 12.5 Å². The molecule has 1 spiro atoms. The van der Waals surface area contributed by atoms with Gasteiger partial charge in [-0.15, -0.1) is 0 Å². The average molecular weight is 267 g/mol. The number of piperidine rings is 1. The molecule has 2 heterocycles. The molecule has 1 aliphatic carbocycles. The summed E-state index contributed by atoms with van der Waals surface area (Å²) in [6, 6.07) is 11.2. The van der Waals surface area contributed by atoms with Gasteiger partial charge in [-0.2, -0.15) is 0 Å². The minimum absolute atomic E-state index is 0.432. The highest BCUT2D eigenvalue weighted by atomic mass is 15.1. The summed E-state index contributed by atoms with van der Waals surface area (Å²) in [6.45, 7) is 1.14. The van der Waals surface area contributed by atoms with Gasteiger partial charge in [0.25, 0.3) is 0 Å². The maximum Gasteiger partial charge on any atom is 0.0953 e. The van der Waals surface area contributed by atoms with Gasteiger partial charge in [0.05, 0.1) is 18.2 Å². The first kappa shape index (κ1) is 12.2. The van der Waals surface area contributed by atoms with Crippen molar-refractivity contribution in [2.24, 2.45) is 0 Å². The molecule has 2 fully saturated rings. The smallest absolute Gasteiger partial charge is 0.0953 e. The summed E-state index contributed by atoms with van der Waals surface area (Å²) in [7, 11) is 0. The molecular formula is C17H21N3. The molecule has 2 aromatic rings. The lowest BCUT2D eigenvalue weighted by Gasteiger charge is -2.48. The van der Waals surface area contributed by atoms with E-state index in [-0.39, 0.29) is 0 Å². The molecule has 20 heavy (non-hydrogen) atoms. The van der Waals surface area contributed by atoms with Gasteiger partial charge in [-0.1, -0.05) is 30.3 Å². The zero-order valence-corrected chi connectivity index (χ0v) is 11.8. The minimum atomic E-state index is 0.432. The monoisotopic (exact) mass is 267 g/mol. The molecular weight excluding hydrogens is 246 g/mol. The number of hydrogen-bond acceptors (Lipinski definition) is 2. The SMILES string of the molecule is c1ccc(-c2cncn2C2CCNC3(CCC3)C2)cc1. The molecule has 1 saturated heterocycles. The summed E-state index contributed by atoms with van der Waals surface area (Å²) < 4.78 is 2.40. The maximum absolute atomic E-state index is 4.41. The maximum atomic E-state index is 4.41. The summed E-state index contributed by atoms with van der Waals surface area (Å²) in [5.74, 6) is 0. The van der Waals surface area contributed by atoms with E-state index in [1.165, 1.54) is 43.4 Å². The molecule has 1 atom stereocenters. The van der Waals surface area contributed by atoms with Gasteiger partial charge in [-0.05, 0) is 44.2 Å². The van der Waals surface area contributed by atoms with Crippen molar-refractivity contribution in [1.29, 1.82) is 0 Å². The van der Waals surface area contributed by atoms with Gasteiger partial charge in [-0.3, -0.25) is 0 Å². The first-order valence-corrected chi connectivity index (χ1v) is 7.69. The highest BCUT2D eigenvalue weighted by Gasteiger charge is 2.41. The van der Waals surface area contributed by atoms with Crippen LogP contribution < -0.4 is 5.32 Å². The highest BCUT2D eigenvalue weighted by molar-refractivity contribution is 5.58. The lowest BCUT2D eigenvalue weighted by molar-refractivity contribution is 0.110. The summed E-state index contributed by atoms with van der Waals surface area (Å²) >= 11 is 0. The van der Waals surface area contributed by atoms with Gasteiger partial charge >= 0.3 is 0 Å². The lowest BCUT2D eigenvalue weighted by atomic mass is 9.70. The van der Waals surface area contributed by atoms with Crippen LogP contribution in [0.4, 0.5) is 0 Å². The normalized spacial score (nSPS) is 24.5. The largest absolute Gasteiger partial charge is 0.327 e. The Balaban J connectivity index is 1.64. The first-order chi connectivity index (χ1) is 9.86. The van der Waals surface area contributed by atoms with Crippen LogP contribution in [0.2, 0.25) is 0 Å². The molecule has 0 bridgehead atoms. The van der Waals surface area contributed by atoms with Crippen molar-refractivity contribution < 1.29 is 0 Å². The third-order valence-electron chi connectivity index (χ3n) is 5.04. The fraction of sp³-hybridized carbons (Fsp3) is 0.471. The van der Waals surface area contributed by atoms with E-state index >= 15 is 0 Å². The van der Waals surface area contributed by atoms with Crippen molar-refractivity contribution in [3.05, 3.63) is 42.9 Å². The van der Waals surface area contributed by atoms with Crippen LogP contribution in [0.1, 0.15) is 38.1 Å². The van der Waals surface area contributed by atoms with Crippen LogP contribution >= 0.6 is 0 Å². The molecule has 1 aromatic heterocycles. The van der Waals surface area contributed by atoms with Crippen LogP contribution in [0.25, 0.3) is 11.3 Å². The predicted molar refractivity (Wildman–Crippen MR) is 80.5 cm³/mol. The fourth-order valence-corrected chi connectivity index (χ4v) is 3.78. The van der Waals surface area contributed by atoms with Gasteiger partial charge in [0.2, 0.25) is 0 Å². The molecule has 1 aromatic carbocycles. The third-order valence-corrected chi connectivity index (χ3v) is 5.04. The van der Waals surface area contributed by atoms with Gasteiger partial charge in [0, 0.05) is 11.6 Å². The van der Waals surface area contributed by atoms with E-state index in [9.17, 15) is 0 Å². The van der Waals surface area contributed by atoms with E-state index in [1.54, 1.807) is 0 Å². The van der Waals surface area contributed by atoms with Crippen molar-refractivity contribution in [1.82, 2.24) is 14.9 Å². The van der Waals surface area contributed by atoms with Crippen molar-refractivity contribution in [3.63, 3.8) is 0 Å². The number of aromatic nitrogens is 2. The molecule has 2 aliphatic rings. The van der Waals surface area contributed by atoms with E-state index in [0.29, 0.717) is 11.6 Å². The fourth-order valence-electron chi connectivity index (χ4n) is 3.78. The van der Waals surface area contributed by atoms with E-state index in [4.69, 9.17) is 0 Å². The minimum Gasteiger partial charge on any atom is -0.327 e. The number of imidazole rings is 1. The van der Waals surface area contributed by atoms with Crippen LogP contribution in [0.15, 0.2) is 42.9 Å². The average Bonchev–Trinajstić information content (AvgIpc) is 2.96. The zero-order chi connectivity index (χ0) is 13.4. The van der Waals surface area contributed by atoms with Crippen LogP contribution in [0, 0.1) is 0 Å². The number of benzene rings is 1. The van der Waals surface area contributed by atoms with E-state index in [0.717, 1.165) is 6.54 Å². The summed E-state index contributed by atoms with van der Waals surface area (Å²) in [5.41, 5.74) is 2.96. The van der Waals surface area contributed by atoms with Crippen LogP contribution in [0.5, 0.6) is 0 Å². The predicted octanol–water partition coefficient (Wildman–Crippen LogP) is 3.40. The van der Waals surface area contributed by atoms with Crippen LogP contribution in [-0.4, -0.2) is 21.6 Å². The van der Waals surface area contributed by atoms with Gasteiger partial charge < -0.3 is 9.88 Å². The quantitative estimate of drug-likeness (QED) is 0.903. The van der Waals surface area contributed by atoms with Crippen molar-refractivity contribution >= 4 is 0 Å². The number of hydrogen-bond donors (Lipinski definition) is 1. The topological polar surface area (TPSA) is 29.9 Å². The van der Waals surface area contributed by atoms with Crippen LogP contribution in [-0.2, 0) is 0 Å². The first-order valence-electron chi connectivity index (χ1n) is 7.69. The van der Waals surface area contributed by atoms with E-state index < -0.39 is 0 Å². The molecule has 104 valence electrons. The summed E-state index contributed by atoms with van der Waals surface area (Å²) in [4.78, 5) is 4.41.